The SMILES string of the molecule is COc1ccc(COc2cc3c(C(=O)O)c(-c4ccc(F)cc4)oc3cc2N(Cc2ccc(OC)cc2)S(C)(=O)=O)cc1. The minimum Gasteiger partial charge on any atom is -0.497 e. The lowest BCUT2D eigenvalue weighted by Gasteiger charge is -2.25. The van der Waals surface area contributed by atoms with Crippen molar-refractivity contribution >= 4 is 32.6 Å². The molecule has 5 rings (SSSR count). The number of halogens is 1. The number of furan rings is 1. The Balaban J connectivity index is 1.67. The van der Waals surface area contributed by atoms with Crippen LogP contribution in [0.1, 0.15) is 21.5 Å². The maximum atomic E-state index is 13.6. The van der Waals surface area contributed by atoms with Crippen LogP contribution in [0.3, 0.4) is 0 Å². The Morgan fingerprint density at radius 1 is 0.884 bits per heavy atom. The molecule has 0 amide bonds. The number of carbonyl (C=O) groups is 1. The number of aromatic carboxylic acids is 1. The molecule has 0 saturated carbocycles. The number of ether oxygens (including phenoxy) is 3. The fourth-order valence-corrected chi connectivity index (χ4v) is 5.48. The van der Waals surface area contributed by atoms with Crippen LogP contribution >= 0.6 is 0 Å². The predicted octanol–water partition coefficient (Wildman–Crippen LogP) is 6.50. The Hall–Kier alpha value is -5.03. The van der Waals surface area contributed by atoms with Gasteiger partial charge in [-0.25, -0.2) is 17.6 Å². The van der Waals surface area contributed by atoms with E-state index in [0.717, 1.165) is 16.1 Å². The second kappa shape index (κ2) is 12.1. The van der Waals surface area contributed by atoms with E-state index in [1.165, 1.54) is 43.5 Å². The standard InChI is InChI=1S/C32H28FNO8S/c1-39-24-12-4-20(5-13-24)18-34(43(3,37)38)27-17-28-26(16-29(27)41-19-21-6-14-25(40-2)15-7-21)30(32(35)36)31(42-28)22-8-10-23(33)11-9-22/h4-17H,18-19H2,1-3H3,(H,35,36). The molecule has 11 heteroatoms. The molecule has 0 unspecified atom stereocenters. The fraction of sp³-hybridized carbons (Fsp3) is 0.156. The summed E-state index contributed by atoms with van der Waals surface area (Å²) < 4.78 is 63.8. The first-order chi connectivity index (χ1) is 20.6. The van der Waals surface area contributed by atoms with Crippen molar-refractivity contribution < 1.29 is 41.3 Å². The smallest absolute Gasteiger partial charge is 0.340 e. The van der Waals surface area contributed by atoms with Gasteiger partial charge in [-0.3, -0.25) is 4.31 Å². The number of carboxylic acids is 1. The molecule has 1 aromatic heterocycles. The van der Waals surface area contributed by atoms with Crippen LogP contribution in [0.25, 0.3) is 22.3 Å². The van der Waals surface area contributed by atoms with Gasteiger partial charge in [0.1, 0.15) is 46.6 Å². The van der Waals surface area contributed by atoms with Crippen LogP contribution in [0.15, 0.2) is 89.3 Å². The van der Waals surface area contributed by atoms with E-state index in [9.17, 15) is 22.7 Å². The van der Waals surface area contributed by atoms with E-state index in [1.807, 2.05) is 0 Å². The molecule has 1 heterocycles. The molecule has 0 radical (unpaired) electrons. The van der Waals surface area contributed by atoms with E-state index >= 15 is 0 Å². The van der Waals surface area contributed by atoms with Crippen LogP contribution in [-0.4, -0.2) is 40.0 Å². The molecule has 0 aliphatic carbocycles. The van der Waals surface area contributed by atoms with Gasteiger partial charge in [-0.15, -0.1) is 0 Å². The van der Waals surface area contributed by atoms with Crippen LogP contribution in [0.5, 0.6) is 17.2 Å². The van der Waals surface area contributed by atoms with Crippen molar-refractivity contribution in [2.75, 3.05) is 24.8 Å². The predicted molar refractivity (Wildman–Crippen MR) is 160 cm³/mol. The maximum absolute atomic E-state index is 13.6. The van der Waals surface area contributed by atoms with E-state index in [1.54, 1.807) is 55.6 Å². The average Bonchev–Trinajstić information content (AvgIpc) is 3.37. The maximum Gasteiger partial charge on any atom is 0.340 e. The van der Waals surface area contributed by atoms with Crippen LogP contribution < -0.4 is 18.5 Å². The summed E-state index contributed by atoms with van der Waals surface area (Å²) in [6.45, 7) is -0.00173. The zero-order valence-corrected chi connectivity index (χ0v) is 24.4. The fourth-order valence-electron chi connectivity index (χ4n) is 4.60. The highest BCUT2D eigenvalue weighted by atomic mass is 32.2. The van der Waals surface area contributed by atoms with Crippen LogP contribution in [0, 0.1) is 5.82 Å². The summed E-state index contributed by atoms with van der Waals surface area (Å²) in [7, 11) is -0.793. The highest BCUT2D eigenvalue weighted by Crippen LogP contribution is 2.42. The Labute approximate surface area is 247 Å². The monoisotopic (exact) mass is 605 g/mol. The number of anilines is 1. The molecule has 9 nitrogen and oxygen atoms in total. The summed E-state index contributed by atoms with van der Waals surface area (Å²) in [5.41, 5.74) is 1.89. The van der Waals surface area contributed by atoms with Crippen molar-refractivity contribution in [3.63, 3.8) is 0 Å². The third-order valence-corrected chi connectivity index (χ3v) is 7.92. The molecule has 5 aromatic rings. The van der Waals surface area contributed by atoms with E-state index in [-0.39, 0.29) is 46.9 Å². The van der Waals surface area contributed by atoms with Gasteiger partial charge in [-0.2, -0.15) is 0 Å². The Morgan fingerprint density at radius 3 is 2.00 bits per heavy atom. The minimum atomic E-state index is -3.89. The van der Waals surface area contributed by atoms with Crippen LogP contribution in [0.4, 0.5) is 10.1 Å². The number of hydrogen-bond donors (Lipinski definition) is 1. The summed E-state index contributed by atoms with van der Waals surface area (Å²) in [5, 5.41) is 10.4. The first-order valence-corrected chi connectivity index (χ1v) is 14.9. The normalized spacial score (nSPS) is 11.3. The number of hydrogen-bond acceptors (Lipinski definition) is 7. The highest BCUT2D eigenvalue weighted by Gasteiger charge is 2.28. The lowest BCUT2D eigenvalue weighted by atomic mass is 10.0. The summed E-state index contributed by atoms with van der Waals surface area (Å²) in [4.78, 5) is 12.5. The van der Waals surface area contributed by atoms with Crippen molar-refractivity contribution in [1.29, 1.82) is 0 Å². The molecule has 0 bridgehead atoms. The van der Waals surface area contributed by atoms with E-state index in [0.29, 0.717) is 22.6 Å². The van der Waals surface area contributed by atoms with E-state index in [2.05, 4.69) is 0 Å². The quantitative estimate of drug-likeness (QED) is 0.181. The largest absolute Gasteiger partial charge is 0.497 e. The Bertz CT molecular complexity index is 1870. The van der Waals surface area contributed by atoms with Gasteiger partial charge in [0.2, 0.25) is 10.0 Å². The molecule has 0 saturated heterocycles. The molecule has 43 heavy (non-hydrogen) atoms. The number of fused-ring (bicyclic) bond motifs is 1. The average molecular weight is 606 g/mol. The van der Waals surface area contributed by atoms with Crippen molar-refractivity contribution in [2.24, 2.45) is 0 Å². The van der Waals surface area contributed by atoms with E-state index < -0.39 is 21.8 Å². The van der Waals surface area contributed by atoms with Gasteiger partial charge in [-0.1, -0.05) is 24.3 Å². The highest BCUT2D eigenvalue weighted by molar-refractivity contribution is 7.92. The summed E-state index contributed by atoms with van der Waals surface area (Å²) in [6, 6.07) is 22.2. The molecular weight excluding hydrogens is 577 g/mol. The zero-order chi connectivity index (χ0) is 30.7. The van der Waals surface area contributed by atoms with Gasteiger partial charge in [0.05, 0.1) is 32.7 Å². The summed E-state index contributed by atoms with van der Waals surface area (Å²) >= 11 is 0. The molecule has 0 aliphatic rings. The number of methoxy groups -OCH3 is 2. The number of carboxylic acid groups (broad SMARTS) is 1. The molecule has 0 aliphatic heterocycles. The number of rotatable bonds is 11. The lowest BCUT2D eigenvalue weighted by molar-refractivity contribution is 0.0699. The molecule has 0 spiro atoms. The Kier molecular flexibility index (Phi) is 8.27. The lowest BCUT2D eigenvalue weighted by Crippen LogP contribution is -2.29. The zero-order valence-electron chi connectivity index (χ0n) is 23.5. The van der Waals surface area contributed by atoms with Gasteiger partial charge < -0.3 is 23.7 Å². The third-order valence-electron chi connectivity index (χ3n) is 6.80. The number of nitrogens with zero attached hydrogens (tertiary/aromatic N) is 1. The van der Waals surface area contributed by atoms with Crippen molar-refractivity contribution in [1.82, 2.24) is 0 Å². The van der Waals surface area contributed by atoms with Gasteiger partial charge in [0.15, 0.2) is 0 Å². The van der Waals surface area contributed by atoms with Crippen molar-refractivity contribution in [2.45, 2.75) is 13.2 Å². The van der Waals surface area contributed by atoms with Gasteiger partial charge in [0, 0.05) is 17.0 Å². The summed E-state index contributed by atoms with van der Waals surface area (Å²) in [5.74, 6) is -0.366. The number of benzene rings is 4. The molecule has 0 atom stereocenters. The van der Waals surface area contributed by atoms with Crippen molar-refractivity contribution in [3.8, 4) is 28.6 Å². The van der Waals surface area contributed by atoms with Crippen LogP contribution in [0.2, 0.25) is 0 Å². The molecule has 222 valence electrons. The minimum absolute atomic E-state index is 0.00168. The van der Waals surface area contributed by atoms with Gasteiger partial charge >= 0.3 is 5.97 Å². The van der Waals surface area contributed by atoms with Gasteiger partial charge in [-0.05, 0) is 65.7 Å². The van der Waals surface area contributed by atoms with Gasteiger partial charge in [0.25, 0.3) is 0 Å². The second-order valence-electron chi connectivity index (χ2n) is 9.69. The number of sulfonamides is 1. The molecular formula is C32H28FNO8S. The summed E-state index contributed by atoms with van der Waals surface area (Å²) in [6.07, 6.45) is 1.07. The second-order valence-corrected chi connectivity index (χ2v) is 11.6. The topological polar surface area (TPSA) is 116 Å². The Morgan fingerprint density at radius 2 is 1.47 bits per heavy atom. The molecule has 0 fully saturated rings. The molecule has 4 aromatic carbocycles. The van der Waals surface area contributed by atoms with Crippen molar-refractivity contribution in [3.05, 3.63) is 107 Å². The van der Waals surface area contributed by atoms with E-state index in [4.69, 9.17) is 18.6 Å². The first-order valence-electron chi connectivity index (χ1n) is 13.0. The third kappa shape index (κ3) is 6.41. The van der Waals surface area contributed by atoms with Crippen LogP contribution in [-0.2, 0) is 23.2 Å². The first kappa shape index (κ1) is 29.5. The molecule has 1 N–H and O–H groups in total.